The van der Waals surface area contributed by atoms with Gasteiger partial charge in [0, 0.05) is 0 Å². The molecule has 1 aliphatic rings. The fourth-order valence-corrected chi connectivity index (χ4v) is 3.51. The predicted octanol–water partition coefficient (Wildman–Crippen LogP) is 2.23. The number of hydrogen-bond acceptors (Lipinski definition) is 3. The van der Waals surface area contributed by atoms with Gasteiger partial charge in [-0.1, -0.05) is 12.1 Å². The summed E-state index contributed by atoms with van der Waals surface area (Å²) < 4.78 is 45.9. The lowest BCUT2D eigenvalue weighted by atomic mass is 10.1. The van der Waals surface area contributed by atoms with E-state index >= 15 is 0 Å². The minimum Gasteiger partial charge on any atom is -0.492 e. The number of para-hydroxylation sites is 2. The summed E-state index contributed by atoms with van der Waals surface area (Å²) in [5.74, 6) is -3.88. The number of rotatable bonds is 6. The van der Waals surface area contributed by atoms with Crippen LogP contribution < -0.4 is 19.9 Å². The van der Waals surface area contributed by atoms with Crippen molar-refractivity contribution in [1.82, 2.24) is 0 Å². The first-order chi connectivity index (χ1) is 13.9. The van der Waals surface area contributed by atoms with Gasteiger partial charge in [-0.3, -0.25) is 4.79 Å². The SMILES string of the molecule is CCOc1ccccc1N1CC[NH+]([C@@H](C)C(=O)Nc2ccc(F)c(F)c2F)CC1. The van der Waals surface area contributed by atoms with Crippen molar-refractivity contribution < 1.29 is 27.6 Å². The van der Waals surface area contributed by atoms with E-state index in [2.05, 4.69) is 10.2 Å². The van der Waals surface area contributed by atoms with Gasteiger partial charge in [0.1, 0.15) is 5.75 Å². The summed E-state index contributed by atoms with van der Waals surface area (Å²) in [5, 5.41) is 2.37. The van der Waals surface area contributed by atoms with Crippen LogP contribution in [0.1, 0.15) is 13.8 Å². The number of amides is 1. The highest BCUT2D eigenvalue weighted by molar-refractivity contribution is 5.93. The third-order valence-corrected chi connectivity index (χ3v) is 5.21. The van der Waals surface area contributed by atoms with Crippen LogP contribution in [-0.4, -0.2) is 44.7 Å². The van der Waals surface area contributed by atoms with Crippen molar-refractivity contribution in [3.8, 4) is 5.75 Å². The average molecular weight is 408 g/mol. The van der Waals surface area contributed by atoms with Gasteiger partial charge in [-0.25, -0.2) is 13.2 Å². The van der Waals surface area contributed by atoms with E-state index in [9.17, 15) is 18.0 Å². The smallest absolute Gasteiger partial charge is 0.282 e. The van der Waals surface area contributed by atoms with Crippen LogP contribution in [0.15, 0.2) is 36.4 Å². The topological polar surface area (TPSA) is 46.0 Å². The largest absolute Gasteiger partial charge is 0.492 e. The number of carbonyl (C=O) groups excluding carboxylic acids is 1. The highest BCUT2D eigenvalue weighted by Gasteiger charge is 2.30. The molecule has 29 heavy (non-hydrogen) atoms. The summed E-state index contributed by atoms with van der Waals surface area (Å²) in [6, 6.07) is 9.19. The number of piperazine rings is 1. The van der Waals surface area contributed by atoms with Crippen LogP contribution in [0.25, 0.3) is 0 Å². The van der Waals surface area contributed by atoms with Gasteiger partial charge in [0.05, 0.1) is 44.2 Å². The third kappa shape index (κ3) is 4.64. The Hall–Kier alpha value is -2.74. The van der Waals surface area contributed by atoms with Gasteiger partial charge in [-0.2, -0.15) is 0 Å². The first-order valence-corrected chi connectivity index (χ1v) is 9.68. The van der Waals surface area contributed by atoms with Gasteiger partial charge >= 0.3 is 0 Å². The molecule has 1 fully saturated rings. The first-order valence-electron chi connectivity index (χ1n) is 9.68. The molecule has 0 aromatic heterocycles. The molecular weight excluding hydrogens is 383 g/mol. The molecule has 1 atom stereocenters. The molecule has 0 spiro atoms. The van der Waals surface area contributed by atoms with E-state index in [1.165, 1.54) is 0 Å². The second-order valence-electron chi connectivity index (χ2n) is 6.98. The molecule has 2 N–H and O–H groups in total. The minimum absolute atomic E-state index is 0.357. The zero-order chi connectivity index (χ0) is 21.0. The Kier molecular flexibility index (Phi) is 6.64. The molecule has 5 nitrogen and oxygen atoms in total. The van der Waals surface area contributed by atoms with E-state index < -0.39 is 29.4 Å². The fourth-order valence-electron chi connectivity index (χ4n) is 3.51. The number of ether oxygens (including phenoxy) is 1. The molecular formula is C21H25F3N3O2+. The van der Waals surface area contributed by atoms with E-state index in [1.54, 1.807) is 6.92 Å². The molecule has 0 bridgehead atoms. The number of hydrogen-bond donors (Lipinski definition) is 2. The minimum atomic E-state index is -1.59. The fraction of sp³-hybridized carbons (Fsp3) is 0.381. The number of nitrogens with zero attached hydrogens (tertiary/aromatic N) is 1. The Bertz CT molecular complexity index is 870. The molecule has 1 aliphatic heterocycles. The van der Waals surface area contributed by atoms with Gasteiger partial charge < -0.3 is 19.9 Å². The zero-order valence-electron chi connectivity index (χ0n) is 16.5. The molecule has 2 aromatic rings. The number of anilines is 2. The van der Waals surface area contributed by atoms with Crippen molar-refractivity contribution in [3.63, 3.8) is 0 Å². The molecule has 3 rings (SSSR count). The maximum absolute atomic E-state index is 13.8. The standard InChI is InChI=1S/C21H24F3N3O2/c1-3-29-18-7-5-4-6-17(18)27-12-10-26(11-13-27)14(2)21(28)25-16-9-8-15(22)19(23)20(16)24/h4-9,14H,3,10-13H2,1-2H3,(H,25,28)/p+1/t14-/m0/s1. The molecule has 8 heteroatoms. The molecule has 156 valence electrons. The van der Waals surface area contributed by atoms with Crippen LogP contribution in [0.3, 0.4) is 0 Å². The molecule has 2 aromatic carbocycles. The Morgan fingerprint density at radius 3 is 2.52 bits per heavy atom. The van der Waals surface area contributed by atoms with Gasteiger partial charge in [0.15, 0.2) is 23.5 Å². The van der Waals surface area contributed by atoms with Crippen LogP contribution in [0.2, 0.25) is 0 Å². The van der Waals surface area contributed by atoms with Crippen LogP contribution in [-0.2, 0) is 4.79 Å². The van der Waals surface area contributed by atoms with Gasteiger partial charge in [-0.05, 0) is 38.1 Å². The number of benzene rings is 2. The predicted molar refractivity (Wildman–Crippen MR) is 105 cm³/mol. The molecule has 1 saturated heterocycles. The van der Waals surface area contributed by atoms with Crippen LogP contribution in [0.4, 0.5) is 24.5 Å². The Morgan fingerprint density at radius 2 is 1.83 bits per heavy atom. The average Bonchev–Trinajstić information content (AvgIpc) is 2.74. The van der Waals surface area contributed by atoms with Gasteiger partial charge in [-0.15, -0.1) is 0 Å². The lowest BCUT2D eigenvalue weighted by Gasteiger charge is -2.36. The van der Waals surface area contributed by atoms with Crippen molar-refractivity contribution in [2.45, 2.75) is 19.9 Å². The maximum atomic E-state index is 13.8. The van der Waals surface area contributed by atoms with Crippen LogP contribution >= 0.6 is 0 Å². The van der Waals surface area contributed by atoms with E-state index in [-0.39, 0.29) is 5.69 Å². The molecule has 0 unspecified atom stereocenters. The summed E-state index contributed by atoms with van der Waals surface area (Å²) >= 11 is 0. The summed E-state index contributed by atoms with van der Waals surface area (Å²) in [6.07, 6.45) is 0. The second-order valence-corrected chi connectivity index (χ2v) is 6.98. The van der Waals surface area contributed by atoms with Crippen molar-refractivity contribution >= 4 is 17.3 Å². The van der Waals surface area contributed by atoms with E-state index in [0.717, 1.165) is 41.6 Å². The second kappa shape index (κ2) is 9.17. The Morgan fingerprint density at radius 1 is 1.14 bits per heavy atom. The normalized spacial score (nSPS) is 15.8. The molecule has 1 amide bonds. The molecule has 0 radical (unpaired) electrons. The van der Waals surface area contributed by atoms with E-state index in [1.807, 2.05) is 31.2 Å². The van der Waals surface area contributed by atoms with E-state index in [0.29, 0.717) is 19.7 Å². The molecule has 0 saturated carbocycles. The first kappa shape index (κ1) is 21.0. The quantitative estimate of drug-likeness (QED) is 0.721. The summed E-state index contributed by atoms with van der Waals surface area (Å²) in [4.78, 5) is 15.8. The highest BCUT2D eigenvalue weighted by atomic mass is 19.2. The number of quaternary nitrogens is 1. The third-order valence-electron chi connectivity index (χ3n) is 5.21. The van der Waals surface area contributed by atoms with Crippen molar-refractivity contribution in [2.75, 3.05) is 43.0 Å². The molecule has 1 heterocycles. The molecule has 0 aliphatic carbocycles. The van der Waals surface area contributed by atoms with Crippen molar-refractivity contribution in [2.24, 2.45) is 0 Å². The Labute approximate surface area is 168 Å². The maximum Gasteiger partial charge on any atom is 0.282 e. The monoisotopic (exact) mass is 408 g/mol. The Balaban J connectivity index is 1.61. The van der Waals surface area contributed by atoms with Gasteiger partial charge in [0.25, 0.3) is 5.91 Å². The highest BCUT2D eigenvalue weighted by Crippen LogP contribution is 2.27. The number of nitrogens with one attached hydrogen (secondary N) is 2. The van der Waals surface area contributed by atoms with Crippen molar-refractivity contribution in [1.29, 1.82) is 0 Å². The van der Waals surface area contributed by atoms with Crippen molar-refractivity contribution in [3.05, 3.63) is 53.8 Å². The summed E-state index contributed by atoms with van der Waals surface area (Å²) in [6.45, 7) is 7.14. The number of halogens is 3. The lowest BCUT2D eigenvalue weighted by molar-refractivity contribution is -0.914. The number of carbonyl (C=O) groups is 1. The van der Waals surface area contributed by atoms with E-state index in [4.69, 9.17) is 4.74 Å². The van der Waals surface area contributed by atoms with Crippen LogP contribution in [0.5, 0.6) is 5.75 Å². The summed E-state index contributed by atoms with van der Waals surface area (Å²) in [7, 11) is 0. The van der Waals surface area contributed by atoms with Crippen LogP contribution in [0, 0.1) is 17.5 Å². The summed E-state index contributed by atoms with van der Waals surface area (Å²) in [5.41, 5.74) is 0.666. The van der Waals surface area contributed by atoms with Gasteiger partial charge in [0.2, 0.25) is 0 Å². The lowest BCUT2D eigenvalue weighted by Crippen LogP contribution is -3.19. The zero-order valence-corrected chi connectivity index (χ0v) is 16.5.